The number of carboxylic acids is 1. The summed E-state index contributed by atoms with van der Waals surface area (Å²) in [5.74, 6) is -0.00914. The molecule has 27 heavy (non-hydrogen) atoms. The topological polar surface area (TPSA) is 96.3 Å². The van der Waals surface area contributed by atoms with E-state index in [4.69, 9.17) is 9.39 Å². The van der Waals surface area contributed by atoms with Crippen molar-refractivity contribution in [3.63, 3.8) is 0 Å². The number of hydrogen-bond donors (Lipinski definition) is 2. The molecule has 2 aliphatic heterocycles. The van der Waals surface area contributed by atoms with Crippen LogP contribution >= 0.6 is 0 Å². The second-order valence-electron chi connectivity index (χ2n) is 7.84. The van der Waals surface area contributed by atoms with Crippen LogP contribution in [0.2, 0.25) is 6.32 Å². The molecule has 2 N–H and O–H groups in total. The van der Waals surface area contributed by atoms with Crippen LogP contribution in [0, 0.1) is 11.8 Å². The minimum atomic E-state index is -1.15. The Hall–Kier alpha value is -2.22. The summed E-state index contributed by atoms with van der Waals surface area (Å²) in [5, 5.41) is 19.3. The minimum absolute atomic E-state index is 0.0551. The van der Waals surface area contributed by atoms with Gasteiger partial charge in [-0.25, -0.2) is 4.79 Å². The number of aromatic carboxylic acids is 1. The molecular formula is C19H24BNO6. The van der Waals surface area contributed by atoms with Gasteiger partial charge in [-0.2, -0.15) is 0 Å². The maximum absolute atomic E-state index is 12.6. The molecule has 0 radical (unpaired) electrons. The number of hydrogen-bond acceptors (Lipinski definition) is 5. The molecule has 1 saturated heterocycles. The van der Waals surface area contributed by atoms with Gasteiger partial charge in [-0.1, -0.05) is 19.4 Å². The molecule has 1 aromatic rings. The molecule has 0 unspecified atom stereocenters. The monoisotopic (exact) mass is 373 g/mol. The third-order valence-corrected chi connectivity index (χ3v) is 5.96. The van der Waals surface area contributed by atoms with Crippen LogP contribution in [-0.2, 0) is 11.2 Å². The van der Waals surface area contributed by atoms with Gasteiger partial charge in [0.15, 0.2) is 0 Å². The molecule has 2 atom stereocenters. The fraction of sp³-hybridized carbons (Fsp3) is 0.579. The van der Waals surface area contributed by atoms with Crippen molar-refractivity contribution in [2.45, 2.75) is 45.0 Å². The van der Waals surface area contributed by atoms with Crippen molar-refractivity contribution in [1.29, 1.82) is 0 Å². The first-order valence-electron chi connectivity index (χ1n) is 9.63. The molecule has 144 valence electrons. The van der Waals surface area contributed by atoms with Crippen LogP contribution in [0.4, 0.5) is 0 Å². The summed E-state index contributed by atoms with van der Waals surface area (Å²) in [6.07, 6.45) is 3.93. The van der Waals surface area contributed by atoms with Gasteiger partial charge in [-0.15, -0.1) is 0 Å². The zero-order valence-electron chi connectivity index (χ0n) is 15.4. The lowest BCUT2D eigenvalue weighted by Gasteiger charge is -2.41. The van der Waals surface area contributed by atoms with E-state index in [1.165, 1.54) is 0 Å². The summed E-state index contributed by atoms with van der Waals surface area (Å²) in [5.41, 5.74) is 0.700. The van der Waals surface area contributed by atoms with Gasteiger partial charge in [-0.05, 0) is 43.1 Å². The van der Waals surface area contributed by atoms with Gasteiger partial charge in [0.25, 0.3) is 0 Å². The highest BCUT2D eigenvalue weighted by atomic mass is 16.5. The first-order valence-corrected chi connectivity index (χ1v) is 9.63. The van der Waals surface area contributed by atoms with Crippen molar-refractivity contribution in [3.8, 4) is 11.5 Å². The van der Waals surface area contributed by atoms with Crippen molar-refractivity contribution in [2.75, 3.05) is 13.1 Å². The summed E-state index contributed by atoms with van der Waals surface area (Å²) in [6, 6.07) is 3.43. The van der Waals surface area contributed by atoms with Crippen LogP contribution < -0.4 is 9.39 Å². The molecule has 0 bridgehead atoms. The van der Waals surface area contributed by atoms with Crippen LogP contribution in [0.15, 0.2) is 12.1 Å². The minimum Gasteiger partial charge on any atom is -0.535 e. The lowest BCUT2D eigenvalue weighted by Crippen LogP contribution is -2.58. The number of nitrogens with zero attached hydrogens (tertiary/aromatic N) is 1. The molecule has 1 saturated carbocycles. The molecule has 1 amide bonds. The Balaban J connectivity index is 1.44. The van der Waals surface area contributed by atoms with Crippen molar-refractivity contribution >= 4 is 19.0 Å². The predicted molar refractivity (Wildman–Crippen MR) is 98.0 cm³/mol. The van der Waals surface area contributed by atoms with Crippen molar-refractivity contribution in [3.05, 3.63) is 23.3 Å². The van der Waals surface area contributed by atoms with Crippen LogP contribution in [0.3, 0.4) is 0 Å². The average molecular weight is 373 g/mol. The van der Waals surface area contributed by atoms with E-state index < -0.39 is 13.1 Å². The number of carbonyl (C=O) groups is 2. The number of carbonyl (C=O) groups excluding carboxylic acids is 1. The fourth-order valence-corrected chi connectivity index (χ4v) is 4.33. The van der Waals surface area contributed by atoms with Gasteiger partial charge in [0, 0.05) is 5.92 Å². The highest BCUT2D eigenvalue weighted by Gasteiger charge is 2.40. The van der Waals surface area contributed by atoms with Gasteiger partial charge >= 0.3 is 13.1 Å². The lowest BCUT2D eigenvalue weighted by atomic mass is 9.78. The van der Waals surface area contributed by atoms with Crippen LogP contribution in [0.1, 0.15) is 42.1 Å². The summed E-state index contributed by atoms with van der Waals surface area (Å²) in [6.45, 7) is 3.08. The smallest absolute Gasteiger partial charge is 0.522 e. The summed E-state index contributed by atoms with van der Waals surface area (Å²) in [4.78, 5) is 26.1. The van der Waals surface area contributed by atoms with E-state index in [1.54, 1.807) is 17.0 Å². The Bertz CT molecular complexity index is 763. The molecule has 4 rings (SSSR count). The average Bonchev–Trinajstić information content (AvgIpc) is 3.02. The Morgan fingerprint density at radius 2 is 2.07 bits per heavy atom. The van der Waals surface area contributed by atoms with Crippen LogP contribution in [-0.4, -0.2) is 53.2 Å². The van der Waals surface area contributed by atoms with Crippen molar-refractivity contribution < 1.29 is 29.1 Å². The molecule has 7 nitrogen and oxygen atoms in total. The zero-order chi connectivity index (χ0) is 19.1. The van der Waals surface area contributed by atoms with Gasteiger partial charge in [0.05, 0.1) is 13.1 Å². The van der Waals surface area contributed by atoms with Gasteiger partial charge < -0.3 is 24.4 Å². The molecule has 0 spiro atoms. The first kappa shape index (κ1) is 18.2. The summed E-state index contributed by atoms with van der Waals surface area (Å²) < 4.78 is 11.2. The van der Waals surface area contributed by atoms with Crippen molar-refractivity contribution in [2.24, 2.45) is 11.8 Å². The normalized spacial score (nSPS) is 24.8. The predicted octanol–water partition coefficient (Wildman–Crippen LogP) is 1.83. The Labute approximate surface area is 158 Å². The molecule has 2 heterocycles. The Kier molecular flexibility index (Phi) is 4.76. The molecule has 0 aromatic heterocycles. The van der Waals surface area contributed by atoms with Gasteiger partial charge in [0.2, 0.25) is 5.91 Å². The van der Waals surface area contributed by atoms with E-state index in [2.05, 4.69) is 6.92 Å². The SMILES string of the molecule is C[C@@H]1CCC[C@@H]1C(=O)N1CC(Oc2ccc3c(c2C(=O)O)OB(O)CC3)C1. The number of amides is 1. The van der Waals surface area contributed by atoms with Crippen LogP contribution in [0.5, 0.6) is 11.5 Å². The van der Waals surface area contributed by atoms with E-state index in [0.29, 0.717) is 31.7 Å². The number of likely N-dealkylation sites (tertiary alicyclic amines) is 1. The number of rotatable bonds is 4. The van der Waals surface area contributed by atoms with E-state index in [1.807, 2.05) is 0 Å². The largest absolute Gasteiger partial charge is 0.535 e. The van der Waals surface area contributed by atoms with Gasteiger partial charge in [-0.3, -0.25) is 4.79 Å². The number of fused-ring (bicyclic) bond motifs is 1. The highest BCUT2D eigenvalue weighted by Crippen LogP contribution is 2.38. The maximum atomic E-state index is 12.6. The number of aryl methyl sites for hydroxylation is 1. The lowest BCUT2D eigenvalue weighted by molar-refractivity contribution is -0.145. The molecular weight excluding hydrogens is 349 g/mol. The first-order chi connectivity index (χ1) is 12.9. The van der Waals surface area contributed by atoms with Crippen molar-refractivity contribution in [1.82, 2.24) is 4.90 Å². The van der Waals surface area contributed by atoms with E-state index in [0.717, 1.165) is 24.8 Å². The Morgan fingerprint density at radius 1 is 1.30 bits per heavy atom. The highest BCUT2D eigenvalue weighted by molar-refractivity contribution is 6.44. The van der Waals surface area contributed by atoms with E-state index in [9.17, 15) is 19.7 Å². The molecule has 3 aliphatic rings. The summed E-state index contributed by atoms with van der Waals surface area (Å²) >= 11 is 0. The second-order valence-corrected chi connectivity index (χ2v) is 7.84. The Morgan fingerprint density at radius 3 is 2.74 bits per heavy atom. The number of ether oxygens (including phenoxy) is 1. The van der Waals surface area contributed by atoms with E-state index in [-0.39, 0.29) is 35.0 Å². The second kappa shape index (κ2) is 7.07. The number of carboxylic acid groups (broad SMARTS) is 1. The molecule has 8 heteroatoms. The maximum Gasteiger partial charge on any atom is 0.522 e. The fourth-order valence-electron chi connectivity index (χ4n) is 4.33. The van der Waals surface area contributed by atoms with E-state index >= 15 is 0 Å². The number of benzene rings is 1. The molecule has 1 aromatic carbocycles. The quantitative estimate of drug-likeness (QED) is 0.782. The zero-order valence-corrected chi connectivity index (χ0v) is 15.4. The standard InChI is InChI=1S/C19H24BNO6/c1-11-3-2-4-14(11)18(22)21-9-13(10-21)26-15-6-5-12-7-8-20(25)27-17(12)16(15)19(23)24/h5-6,11,13-14,25H,2-4,7-10H2,1H3,(H,23,24)/t11-,14+/m1/s1. The third-order valence-electron chi connectivity index (χ3n) is 5.96. The molecule has 1 aliphatic carbocycles. The van der Waals surface area contributed by atoms with Gasteiger partial charge in [0.1, 0.15) is 23.2 Å². The molecule has 2 fully saturated rings. The third kappa shape index (κ3) is 3.38. The summed E-state index contributed by atoms with van der Waals surface area (Å²) in [7, 11) is -1.00. The van der Waals surface area contributed by atoms with Crippen LogP contribution in [0.25, 0.3) is 0 Å².